The molecule has 1 unspecified atom stereocenters. The minimum Gasteiger partial charge on any atom is -0.333 e. The van der Waals surface area contributed by atoms with Gasteiger partial charge >= 0.3 is 11.8 Å². The summed E-state index contributed by atoms with van der Waals surface area (Å²) in [4.78, 5) is 25.2. The first-order valence-corrected chi connectivity index (χ1v) is 8.44. The minimum absolute atomic E-state index is 0.0220. The Morgan fingerprint density at radius 3 is 2.64 bits per heavy atom. The van der Waals surface area contributed by atoms with Gasteiger partial charge in [-0.3, -0.25) is 9.59 Å². The van der Waals surface area contributed by atoms with Crippen LogP contribution in [0.25, 0.3) is 0 Å². The summed E-state index contributed by atoms with van der Waals surface area (Å²) in [6.45, 7) is 0. The summed E-state index contributed by atoms with van der Waals surface area (Å²) in [5.41, 5.74) is 0.491. The van der Waals surface area contributed by atoms with E-state index in [-0.39, 0.29) is 22.8 Å². The highest BCUT2D eigenvalue weighted by molar-refractivity contribution is 7.91. The number of nitrogens with zero attached hydrogens (tertiary/aromatic N) is 2. The number of para-hydroxylation sites is 1. The Balaban J connectivity index is 2.07. The zero-order chi connectivity index (χ0) is 16.3. The maximum Gasteiger partial charge on any atom is 0.313 e. The zero-order valence-electron chi connectivity index (χ0n) is 11.9. The van der Waals surface area contributed by atoms with E-state index in [1.165, 1.54) is 19.2 Å². The van der Waals surface area contributed by atoms with Gasteiger partial charge in [0.15, 0.2) is 9.84 Å². The summed E-state index contributed by atoms with van der Waals surface area (Å²) in [6.07, 6.45) is 0.326. The molecule has 0 spiro atoms. The maximum atomic E-state index is 12.1. The van der Waals surface area contributed by atoms with E-state index in [0.717, 1.165) is 4.90 Å². The first-order valence-electron chi connectivity index (χ1n) is 6.62. The summed E-state index contributed by atoms with van der Waals surface area (Å²) in [7, 11) is -1.73. The summed E-state index contributed by atoms with van der Waals surface area (Å²) >= 11 is 0. The number of carbonyl (C=O) groups excluding carboxylic acids is 2. The van der Waals surface area contributed by atoms with E-state index in [0.29, 0.717) is 6.42 Å². The lowest BCUT2D eigenvalue weighted by Crippen LogP contribution is -2.44. The Morgan fingerprint density at radius 1 is 1.36 bits per heavy atom. The summed E-state index contributed by atoms with van der Waals surface area (Å²) in [5.74, 6) is -1.82. The number of carbonyl (C=O) groups is 2. The summed E-state index contributed by atoms with van der Waals surface area (Å²) < 4.78 is 22.9. The van der Waals surface area contributed by atoms with Gasteiger partial charge in [0.25, 0.3) is 0 Å². The molecular formula is C14H15N3O4S. The Bertz CT molecular complexity index is 752. The van der Waals surface area contributed by atoms with Crippen LogP contribution in [0.1, 0.15) is 12.0 Å². The number of rotatable bonds is 2. The van der Waals surface area contributed by atoms with Gasteiger partial charge in [-0.2, -0.15) is 5.26 Å². The molecule has 0 aliphatic carbocycles. The topological polar surface area (TPSA) is 107 Å². The van der Waals surface area contributed by atoms with Crippen molar-refractivity contribution in [2.45, 2.75) is 12.5 Å². The van der Waals surface area contributed by atoms with Crippen molar-refractivity contribution >= 4 is 27.3 Å². The normalized spacial score (nSPS) is 19.2. The van der Waals surface area contributed by atoms with Crippen LogP contribution in [-0.4, -0.2) is 49.7 Å². The van der Waals surface area contributed by atoms with Crippen molar-refractivity contribution in [1.29, 1.82) is 5.26 Å². The molecule has 0 saturated carbocycles. The van der Waals surface area contributed by atoms with Crippen LogP contribution in [0.3, 0.4) is 0 Å². The van der Waals surface area contributed by atoms with E-state index in [1.54, 1.807) is 12.1 Å². The molecule has 1 aliphatic rings. The Labute approximate surface area is 128 Å². The van der Waals surface area contributed by atoms with Gasteiger partial charge in [-0.25, -0.2) is 8.42 Å². The fourth-order valence-corrected chi connectivity index (χ4v) is 4.05. The van der Waals surface area contributed by atoms with Gasteiger partial charge in [-0.15, -0.1) is 0 Å². The number of hydrogen-bond donors (Lipinski definition) is 1. The van der Waals surface area contributed by atoms with Crippen molar-refractivity contribution in [3.05, 3.63) is 29.8 Å². The van der Waals surface area contributed by atoms with Gasteiger partial charge in [0, 0.05) is 13.1 Å². The van der Waals surface area contributed by atoms with Crippen molar-refractivity contribution in [1.82, 2.24) is 4.90 Å². The van der Waals surface area contributed by atoms with Crippen LogP contribution in [0, 0.1) is 11.3 Å². The number of anilines is 1. The van der Waals surface area contributed by atoms with Gasteiger partial charge in [0.1, 0.15) is 6.07 Å². The predicted molar refractivity (Wildman–Crippen MR) is 79.6 cm³/mol. The molecular weight excluding hydrogens is 306 g/mol. The van der Waals surface area contributed by atoms with Gasteiger partial charge in [-0.1, -0.05) is 12.1 Å². The average Bonchev–Trinajstić information content (AvgIpc) is 2.86. The molecule has 2 rings (SSSR count). The predicted octanol–water partition coefficient (Wildman–Crippen LogP) is 0.142. The van der Waals surface area contributed by atoms with Crippen LogP contribution in [0.5, 0.6) is 0 Å². The van der Waals surface area contributed by atoms with E-state index in [1.807, 2.05) is 6.07 Å². The third-order valence-electron chi connectivity index (χ3n) is 3.57. The van der Waals surface area contributed by atoms with Crippen molar-refractivity contribution < 1.29 is 18.0 Å². The number of benzene rings is 1. The van der Waals surface area contributed by atoms with Crippen LogP contribution in [0.15, 0.2) is 24.3 Å². The lowest BCUT2D eigenvalue weighted by Gasteiger charge is -2.22. The largest absolute Gasteiger partial charge is 0.333 e. The summed E-state index contributed by atoms with van der Waals surface area (Å²) in [6, 6.07) is 7.74. The molecule has 0 bridgehead atoms. The van der Waals surface area contributed by atoms with Crippen LogP contribution < -0.4 is 5.32 Å². The number of likely N-dealkylation sites (N-methyl/N-ethyl adjacent to an activating group) is 1. The highest BCUT2D eigenvalue weighted by Gasteiger charge is 2.34. The monoisotopic (exact) mass is 321 g/mol. The molecule has 7 nitrogen and oxygen atoms in total. The lowest BCUT2D eigenvalue weighted by atomic mass is 10.2. The molecule has 1 aromatic rings. The second-order valence-corrected chi connectivity index (χ2v) is 7.31. The standard InChI is InChI=1S/C14H15N3O4S/c1-17(11-6-7-22(20,21)9-11)14(19)13(18)16-12-5-3-2-4-10(12)8-15/h2-5,11H,6-7,9H2,1H3,(H,16,18). The Hall–Kier alpha value is -2.40. The smallest absolute Gasteiger partial charge is 0.313 e. The van der Waals surface area contributed by atoms with Gasteiger partial charge < -0.3 is 10.2 Å². The molecule has 1 heterocycles. The van der Waals surface area contributed by atoms with Crippen molar-refractivity contribution in [3.8, 4) is 6.07 Å². The van der Waals surface area contributed by atoms with E-state index in [2.05, 4.69) is 5.32 Å². The molecule has 1 fully saturated rings. The molecule has 1 aliphatic heterocycles. The van der Waals surface area contributed by atoms with Crippen molar-refractivity contribution in [3.63, 3.8) is 0 Å². The maximum absolute atomic E-state index is 12.1. The van der Waals surface area contributed by atoms with E-state index >= 15 is 0 Å². The number of amides is 2. The molecule has 2 amide bonds. The number of hydrogen-bond acceptors (Lipinski definition) is 5. The Kier molecular flexibility index (Phi) is 4.47. The van der Waals surface area contributed by atoms with E-state index in [4.69, 9.17) is 5.26 Å². The summed E-state index contributed by atoms with van der Waals surface area (Å²) in [5, 5.41) is 11.3. The van der Waals surface area contributed by atoms with Crippen molar-refractivity contribution in [2.24, 2.45) is 0 Å². The average molecular weight is 321 g/mol. The molecule has 116 valence electrons. The molecule has 1 aromatic carbocycles. The third kappa shape index (κ3) is 3.43. The number of sulfone groups is 1. The second-order valence-electron chi connectivity index (χ2n) is 5.08. The second kappa shape index (κ2) is 6.15. The van der Waals surface area contributed by atoms with Crippen LogP contribution in [-0.2, 0) is 19.4 Å². The van der Waals surface area contributed by atoms with Gasteiger partial charge in [0.2, 0.25) is 0 Å². The number of nitriles is 1. The first kappa shape index (κ1) is 16.0. The minimum atomic E-state index is -3.14. The quantitative estimate of drug-likeness (QED) is 0.780. The lowest BCUT2D eigenvalue weighted by molar-refractivity contribution is -0.143. The SMILES string of the molecule is CN(C(=O)C(=O)Nc1ccccc1C#N)C1CCS(=O)(=O)C1. The fourth-order valence-electron chi connectivity index (χ4n) is 2.27. The molecule has 8 heteroatoms. The van der Waals surface area contributed by atoms with E-state index < -0.39 is 27.7 Å². The van der Waals surface area contributed by atoms with Crippen molar-refractivity contribution in [2.75, 3.05) is 23.9 Å². The molecule has 1 saturated heterocycles. The molecule has 1 N–H and O–H groups in total. The zero-order valence-corrected chi connectivity index (χ0v) is 12.8. The fraction of sp³-hybridized carbons (Fsp3) is 0.357. The van der Waals surface area contributed by atoms with Crippen LogP contribution in [0.2, 0.25) is 0 Å². The molecule has 0 radical (unpaired) electrons. The highest BCUT2D eigenvalue weighted by Crippen LogP contribution is 2.18. The first-order chi connectivity index (χ1) is 10.3. The third-order valence-corrected chi connectivity index (χ3v) is 5.32. The molecule has 0 aromatic heterocycles. The van der Waals surface area contributed by atoms with Crippen LogP contribution >= 0.6 is 0 Å². The Morgan fingerprint density at radius 2 is 2.05 bits per heavy atom. The van der Waals surface area contributed by atoms with E-state index in [9.17, 15) is 18.0 Å². The van der Waals surface area contributed by atoms with Crippen LogP contribution in [0.4, 0.5) is 5.69 Å². The number of nitrogens with one attached hydrogen (secondary N) is 1. The highest BCUT2D eigenvalue weighted by atomic mass is 32.2. The van der Waals surface area contributed by atoms with Gasteiger partial charge in [0.05, 0.1) is 22.8 Å². The van der Waals surface area contributed by atoms with Gasteiger partial charge in [-0.05, 0) is 18.6 Å². The molecule has 22 heavy (non-hydrogen) atoms. The molecule has 1 atom stereocenters.